The Bertz CT molecular complexity index is 736. The van der Waals surface area contributed by atoms with Gasteiger partial charge in [-0.15, -0.1) is 0 Å². The Morgan fingerprint density at radius 1 is 1.16 bits per heavy atom. The number of hydrogen-bond donors (Lipinski definition) is 0. The summed E-state index contributed by atoms with van der Waals surface area (Å²) in [6.45, 7) is 5.55. The molecule has 3 rings (SSSR count). The van der Waals surface area contributed by atoms with Crippen LogP contribution in [0.25, 0.3) is 10.8 Å². The summed E-state index contributed by atoms with van der Waals surface area (Å²) < 4.78 is 5.27. The summed E-state index contributed by atoms with van der Waals surface area (Å²) >= 11 is 0. The monoisotopic (exact) mass is 340 g/mol. The lowest BCUT2D eigenvalue weighted by molar-refractivity contribution is -0.132. The molecule has 0 aliphatic carbocycles. The highest BCUT2D eigenvalue weighted by Crippen LogP contribution is 2.22. The Labute approximate surface area is 150 Å². The summed E-state index contributed by atoms with van der Waals surface area (Å²) in [5.74, 6) is 1.85. The van der Waals surface area contributed by atoms with E-state index in [0.29, 0.717) is 13.1 Å². The SMILES string of the molecule is COc1ccc2cc(CN(C)C(=O)CN3CCC(C)CC3)ccc2c1. The van der Waals surface area contributed by atoms with Crippen LogP contribution in [0.2, 0.25) is 0 Å². The fourth-order valence-electron chi connectivity index (χ4n) is 3.39. The first-order valence-electron chi connectivity index (χ1n) is 9.08. The minimum absolute atomic E-state index is 0.199. The van der Waals surface area contributed by atoms with Gasteiger partial charge in [0.2, 0.25) is 5.91 Å². The van der Waals surface area contributed by atoms with E-state index in [2.05, 4.69) is 36.1 Å². The first kappa shape index (κ1) is 17.7. The van der Waals surface area contributed by atoms with Gasteiger partial charge < -0.3 is 9.64 Å². The number of piperidine rings is 1. The van der Waals surface area contributed by atoms with E-state index in [9.17, 15) is 4.79 Å². The average Bonchev–Trinajstić information content (AvgIpc) is 2.63. The number of hydrogen-bond acceptors (Lipinski definition) is 3. The zero-order valence-electron chi connectivity index (χ0n) is 15.5. The fraction of sp³-hybridized carbons (Fsp3) is 0.476. The molecule has 1 aliphatic rings. The Morgan fingerprint density at radius 3 is 2.56 bits per heavy atom. The second-order valence-electron chi connectivity index (χ2n) is 7.26. The van der Waals surface area contributed by atoms with Crippen LogP contribution in [-0.4, -0.2) is 49.5 Å². The molecule has 134 valence electrons. The molecule has 0 aromatic heterocycles. The summed E-state index contributed by atoms with van der Waals surface area (Å²) in [4.78, 5) is 16.6. The number of benzene rings is 2. The third-order valence-electron chi connectivity index (χ3n) is 5.19. The van der Waals surface area contributed by atoms with E-state index in [4.69, 9.17) is 4.74 Å². The molecule has 2 aromatic carbocycles. The zero-order chi connectivity index (χ0) is 17.8. The van der Waals surface area contributed by atoms with E-state index >= 15 is 0 Å². The molecule has 1 fully saturated rings. The largest absolute Gasteiger partial charge is 0.497 e. The normalized spacial score (nSPS) is 16.1. The van der Waals surface area contributed by atoms with Crippen LogP contribution in [-0.2, 0) is 11.3 Å². The van der Waals surface area contributed by atoms with Gasteiger partial charge >= 0.3 is 0 Å². The van der Waals surface area contributed by atoms with Gasteiger partial charge in [-0.2, -0.15) is 0 Å². The van der Waals surface area contributed by atoms with Crippen LogP contribution in [0.4, 0.5) is 0 Å². The Kier molecular flexibility index (Phi) is 5.59. The van der Waals surface area contributed by atoms with E-state index in [1.54, 1.807) is 7.11 Å². The van der Waals surface area contributed by atoms with Gasteiger partial charge in [0.05, 0.1) is 13.7 Å². The van der Waals surface area contributed by atoms with Crippen LogP contribution in [0, 0.1) is 5.92 Å². The van der Waals surface area contributed by atoms with E-state index in [0.717, 1.165) is 35.7 Å². The highest BCUT2D eigenvalue weighted by Gasteiger charge is 2.19. The highest BCUT2D eigenvalue weighted by atomic mass is 16.5. The molecule has 0 atom stereocenters. The molecule has 0 saturated carbocycles. The number of carbonyl (C=O) groups excluding carboxylic acids is 1. The van der Waals surface area contributed by atoms with E-state index < -0.39 is 0 Å². The van der Waals surface area contributed by atoms with Crippen molar-refractivity contribution in [2.45, 2.75) is 26.3 Å². The number of nitrogens with zero attached hydrogens (tertiary/aromatic N) is 2. The van der Waals surface area contributed by atoms with E-state index in [1.165, 1.54) is 18.2 Å². The Balaban J connectivity index is 1.60. The van der Waals surface area contributed by atoms with Gasteiger partial charge in [0.25, 0.3) is 0 Å². The van der Waals surface area contributed by atoms with E-state index in [-0.39, 0.29) is 5.91 Å². The van der Waals surface area contributed by atoms with Crippen molar-refractivity contribution in [1.29, 1.82) is 0 Å². The molecule has 4 heteroatoms. The molecule has 4 nitrogen and oxygen atoms in total. The number of carbonyl (C=O) groups is 1. The first-order valence-corrected chi connectivity index (χ1v) is 9.08. The van der Waals surface area contributed by atoms with Crippen molar-refractivity contribution >= 4 is 16.7 Å². The van der Waals surface area contributed by atoms with E-state index in [1.807, 2.05) is 24.1 Å². The fourth-order valence-corrected chi connectivity index (χ4v) is 3.39. The molecule has 0 unspecified atom stereocenters. The average molecular weight is 340 g/mol. The maximum absolute atomic E-state index is 12.5. The van der Waals surface area contributed by atoms with Crippen LogP contribution in [0.5, 0.6) is 5.75 Å². The molecule has 0 N–H and O–H groups in total. The summed E-state index contributed by atoms with van der Waals surface area (Å²) in [6, 6.07) is 12.4. The number of ether oxygens (including phenoxy) is 1. The Morgan fingerprint density at radius 2 is 1.84 bits per heavy atom. The third kappa shape index (κ3) is 4.51. The van der Waals surface area contributed by atoms with Gasteiger partial charge in [0, 0.05) is 13.6 Å². The van der Waals surface area contributed by atoms with Gasteiger partial charge in [0.15, 0.2) is 0 Å². The molecule has 1 saturated heterocycles. The van der Waals surface area contributed by atoms with Crippen molar-refractivity contribution in [2.75, 3.05) is 33.8 Å². The quantitative estimate of drug-likeness (QED) is 0.835. The van der Waals surface area contributed by atoms with Crippen LogP contribution >= 0.6 is 0 Å². The summed E-state index contributed by atoms with van der Waals surface area (Å²) in [6.07, 6.45) is 2.40. The summed E-state index contributed by atoms with van der Waals surface area (Å²) in [5.41, 5.74) is 1.15. The minimum atomic E-state index is 0.199. The molecule has 1 aliphatic heterocycles. The molecule has 1 heterocycles. The maximum Gasteiger partial charge on any atom is 0.236 e. The molecular formula is C21H28N2O2. The predicted octanol–water partition coefficient (Wildman–Crippen LogP) is 3.54. The second kappa shape index (κ2) is 7.87. The smallest absolute Gasteiger partial charge is 0.236 e. The molecule has 25 heavy (non-hydrogen) atoms. The number of rotatable bonds is 5. The molecule has 0 radical (unpaired) electrons. The van der Waals surface area contributed by atoms with Crippen LogP contribution in [0.15, 0.2) is 36.4 Å². The van der Waals surface area contributed by atoms with Gasteiger partial charge in [-0.25, -0.2) is 0 Å². The first-order chi connectivity index (χ1) is 12.0. The lowest BCUT2D eigenvalue weighted by Crippen LogP contribution is -2.41. The summed E-state index contributed by atoms with van der Waals surface area (Å²) in [5, 5.41) is 2.32. The molecule has 0 spiro atoms. The standard InChI is InChI=1S/C21H28N2O2/c1-16-8-10-23(11-9-16)15-21(24)22(2)14-17-4-5-19-13-20(25-3)7-6-18(19)12-17/h4-7,12-13,16H,8-11,14-15H2,1-3H3. The number of likely N-dealkylation sites (tertiary alicyclic amines) is 1. The summed E-state index contributed by atoms with van der Waals surface area (Å²) in [7, 11) is 3.58. The lowest BCUT2D eigenvalue weighted by Gasteiger charge is -2.31. The zero-order valence-corrected chi connectivity index (χ0v) is 15.5. The topological polar surface area (TPSA) is 32.8 Å². The van der Waals surface area contributed by atoms with Gasteiger partial charge in [0.1, 0.15) is 5.75 Å². The van der Waals surface area contributed by atoms with Crippen molar-refractivity contribution < 1.29 is 9.53 Å². The Hall–Kier alpha value is -2.07. The highest BCUT2D eigenvalue weighted by molar-refractivity contribution is 5.84. The number of amides is 1. The number of likely N-dealkylation sites (N-methyl/N-ethyl adjacent to an activating group) is 1. The second-order valence-corrected chi connectivity index (χ2v) is 7.26. The van der Waals surface area contributed by atoms with Crippen molar-refractivity contribution in [1.82, 2.24) is 9.80 Å². The van der Waals surface area contributed by atoms with Crippen LogP contribution < -0.4 is 4.74 Å². The van der Waals surface area contributed by atoms with Crippen molar-refractivity contribution in [3.8, 4) is 5.75 Å². The maximum atomic E-state index is 12.5. The molecule has 0 bridgehead atoms. The van der Waals surface area contributed by atoms with Gasteiger partial charge in [-0.1, -0.05) is 25.1 Å². The van der Waals surface area contributed by atoms with Gasteiger partial charge in [-0.3, -0.25) is 9.69 Å². The van der Waals surface area contributed by atoms with Gasteiger partial charge in [-0.05, 0) is 66.4 Å². The van der Waals surface area contributed by atoms with Crippen LogP contribution in [0.3, 0.4) is 0 Å². The third-order valence-corrected chi connectivity index (χ3v) is 5.19. The molecule has 2 aromatic rings. The molecule has 1 amide bonds. The minimum Gasteiger partial charge on any atom is -0.497 e. The van der Waals surface area contributed by atoms with Crippen LogP contribution in [0.1, 0.15) is 25.3 Å². The lowest BCUT2D eigenvalue weighted by atomic mass is 9.99. The van der Waals surface area contributed by atoms with Crippen molar-refractivity contribution in [2.24, 2.45) is 5.92 Å². The van der Waals surface area contributed by atoms with Crippen molar-refractivity contribution in [3.63, 3.8) is 0 Å². The molecular weight excluding hydrogens is 312 g/mol. The van der Waals surface area contributed by atoms with Crippen molar-refractivity contribution in [3.05, 3.63) is 42.0 Å². The number of methoxy groups -OCH3 is 1. The number of fused-ring (bicyclic) bond motifs is 1. The predicted molar refractivity (Wildman–Crippen MR) is 102 cm³/mol.